The maximum absolute atomic E-state index is 11.8. The molecule has 1 fully saturated rings. The van der Waals surface area contributed by atoms with E-state index >= 15 is 0 Å². The molecular formula is C17H20N2O2S3. The van der Waals surface area contributed by atoms with Crippen molar-refractivity contribution in [3.8, 4) is 5.75 Å². The Bertz CT molecular complexity index is 667. The second-order valence-electron chi connectivity index (χ2n) is 5.44. The van der Waals surface area contributed by atoms with Crippen molar-refractivity contribution in [1.82, 2.24) is 10.3 Å². The van der Waals surface area contributed by atoms with Gasteiger partial charge in [-0.1, -0.05) is 12.1 Å². The van der Waals surface area contributed by atoms with Crippen molar-refractivity contribution in [2.75, 3.05) is 18.1 Å². The Hall–Kier alpha value is -1.18. The molecule has 24 heavy (non-hydrogen) atoms. The number of amides is 1. The van der Waals surface area contributed by atoms with Crippen LogP contribution < -0.4 is 10.1 Å². The van der Waals surface area contributed by atoms with Crippen LogP contribution in [0.3, 0.4) is 0 Å². The van der Waals surface area contributed by atoms with Gasteiger partial charge in [-0.15, -0.1) is 34.9 Å². The van der Waals surface area contributed by atoms with E-state index in [1.54, 1.807) is 11.3 Å². The van der Waals surface area contributed by atoms with Gasteiger partial charge in [0.05, 0.1) is 11.1 Å². The predicted molar refractivity (Wildman–Crippen MR) is 103 cm³/mol. The average Bonchev–Trinajstić information content (AvgIpc) is 3.05. The molecule has 1 saturated heterocycles. The van der Waals surface area contributed by atoms with Gasteiger partial charge in [-0.05, 0) is 42.5 Å². The van der Waals surface area contributed by atoms with E-state index in [-0.39, 0.29) is 12.5 Å². The van der Waals surface area contributed by atoms with E-state index in [2.05, 4.69) is 22.4 Å². The first-order chi connectivity index (χ1) is 11.7. The maximum atomic E-state index is 11.8. The number of ether oxygens (including phenoxy) is 1. The summed E-state index contributed by atoms with van der Waals surface area (Å²) in [5, 5.41) is 5.71. The largest absolute Gasteiger partial charge is 0.484 e. The predicted octanol–water partition coefficient (Wildman–Crippen LogP) is 4.02. The molecule has 1 aromatic carbocycles. The number of nitrogens with one attached hydrogen (secondary N) is 1. The van der Waals surface area contributed by atoms with E-state index in [0.29, 0.717) is 11.1 Å². The zero-order chi connectivity index (χ0) is 16.8. The summed E-state index contributed by atoms with van der Waals surface area (Å²) in [4.78, 5) is 16.2. The zero-order valence-electron chi connectivity index (χ0n) is 13.5. The molecule has 0 radical (unpaired) electrons. The summed E-state index contributed by atoms with van der Waals surface area (Å²) in [6.07, 6.45) is 1.29. The van der Waals surface area contributed by atoms with Crippen molar-refractivity contribution in [3.63, 3.8) is 0 Å². The van der Waals surface area contributed by atoms with E-state index < -0.39 is 0 Å². The summed E-state index contributed by atoms with van der Waals surface area (Å²) in [7, 11) is 0. The number of carbonyl (C=O) groups is 1. The smallest absolute Gasteiger partial charge is 0.258 e. The van der Waals surface area contributed by atoms with E-state index in [9.17, 15) is 4.79 Å². The SMILES string of the molecule is Cc1csc(CNC(=O)COc2ccc(C3SCCCS3)cc2)n1. The minimum Gasteiger partial charge on any atom is -0.484 e. The molecule has 1 amide bonds. The zero-order valence-corrected chi connectivity index (χ0v) is 15.9. The molecule has 2 heterocycles. The fraction of sp³-hybridized carbons (Fsp3) is 0.412. The highest BCUT2D eigenvalue weighted by atomic mass is 32.2. The molecule has 1 aliphatic heterocycles. The molecule has 0 atom stereocenters. The third-order valence-electron chi connectivity index (χ3n) is 3.45. The average molecular weight is 381 g/mol. The van der Waals surface area contributed by atoms with Crippen LogP contribution in [0.25, 0.3) is 0 Å². The summed E-state index contributed by atoms with van der Waals surface area (Å²) >= 11 is 5.55. The number of carbonyl (C=O) groups excluding carboxylic acids is 1. The Balaban J connectivity index is 1.43. The number of aromatic nitrogens is 1. The lowest BCUT2D eigenvalue weighted by atomic mass is 10.2. The standard InChI is InChI=1S/C17H20N2O2S3/c1-12-11-24-16(19-12)9-18-15(20)10-21-14-5-3-13(4-6-14)17-22-7-2-8-23-17/h3-6,11,17H,2,7-10H2,1H3,(H,18,20). The molecular weight excluding hydrogens is 360 g/mol. The summed E-state index contributed by atoms with van der Waals surface area (Å²) < 4.78 is 6.09. The van der Waals surface area contributed by atoms with Crippen LogP contribution in [-0.2, 0) is 11.3 Å². The highest BCUT2D eigenvalue weighted by Gasteiger charge is 2.16. The van der Waals surface area contributed by atoms with Crippen molar-refractivity contribution in [2.45, 2.75) is 24.5 Å². The van der Waals surface area contributed by atoms with Crippen molar-refractivity contribution in [3.05, 3.63) is 45.9 Å². The molecule has 1 aliphatic rings. The van der Waals surface area contributed by atoms with Crippen molar-refractivity contribution in [2.24, 2.45) is 0 Å². The fourth-order valence-corrected chi connectivity index (χ4v) is 5.87. The number of rotatable bonds is 6. The highest BCUT2D eigenvalue weighted by molar-refractivity contribution is 8.16. The van der Waals surface area contributed by atoms with Crippen LogP contribution >= 0.6 is 34.9 Å². The maximum Gasteiger partial charge on any atom is 0.258 e. The van der Waals surface area contributed by atoms with Gasteiger partial charge in [0, 0.05) is 11.1 Å². The van der Waals surface area contributed by atoms with Crippen LogP contribution in [0, 0.1) is 6.92 Å². The summed E-state index contributed by atoms with van der Waals surface area (Å²) in [6, 6.07) is 8.09. The van der Waals surface area contributed by atoms with Gasteiger partial charge in [0.25, 0.3) is 5.91 Å². The molecule has 128 valence electrons. The number of aryl methyl sites for hydroxylation is 1. The number of hydrogen-bond donors (Lipinski definition) is 1. The Morgan fingerprint density at radius 1 is 1.29 bits per heavy atom. The van der Waals surface area contributed by atoms with Crippen LogP contribution in [0.4, 0.5) is 0 Å². The quantitative estimate of drug-likeness (QED) is 0.820. The second kappa shape index (κ2) is 8.78. The van der Waals surface area contributed by atoms with Gasteiger partial charge in [-0.3, -0.25) is 4.79 Å². The van der Waals surface area contributed by atoms with Crippen LogP contribution in [0.15, 0.2) is 29.6 Å². The molecule has 1 N–H and O–H groups in total. The third-order valence-corrected chi connectivity index (χ3v) is 7.43. The number of hydrogen-bond acceptors (Lipinski definition) is 6. The van der Waals surface area contributed by atoms with Gasteiger partial charge in [0.15, 0.2) is 6.61 Å². The summed E-state index contributed by atoms with van der Waals surface area (Å²) in [6.45, 7) is 2.42. The summed E-state index contributed by atoms with van der Waals surface area (Å²) in [5.41, 5.74) is 2.30. The lowest BCUT2D eigenvalue weighted by Crippen LogP contribution is -2.28. The number of nitrogens with zero attached hydrogens (tertiary/aromatic N) is 1. The van der Waals surface area contributed by atoms with Gasteiger partial charge in [0.2, 0.25) is 0 Å². The number of benzene rings is 1. The third kappa shape index (κ3) is 5.16. The molecule has 7 heteroatoms. The normalized spacial score (nSPS) is 15.2. The van der Waals surface area contributed by atoms with E-state index in [4.69, 9.17) is 4.74 Å². The van der Waals surface area contributed by atoms with E-state index in [0.717, 1.165) is 16.5 Å². The molecule has 0 bridgehead atoms. The Morgan fingerprint density at radius 3 is 2.71 bits per heavy atom. The number of thioether (sulfide) groups is 2. The van der Waals surface area contributed by atoms with Gasteiger partial charge >= 0.3 is 0 Å². The Kier molecular flexibility index (Phi) is 6.45. The molecule has 0 aliphatic carbocycles. The molecule has 1 aromatic heterocycles. The highest BCUT2D eigenvalue weighted by Crippen LogP contribution is 2.43. The van der Waals surface area contributed by atoms with E-state index in [1.165, 1.54) is 23.5 Å². The first kappa shape index (κ1) is 17.6. The van der Waals surface area contributed by atoms with Gasteiger partial charge in [-0.25, -0.2) is 4.98 Å². The van der Waals surface area contributed by atoms with Crippen LogP contribution in [0.5, 0.6) is 5.75 Å². The van der Waals surface area contributed by atoms with Crippen LogP contribution in [0.2, 0.25) is 0 Å². The molecule has 0 spiro atoms. The molecule has 3 rings (SSSR count). The molecule has 0 saturated carbocycles. The molecule has 0 unspecified atom stereocenters. The van der Waals surface area contributed by atoms with Gasteiger partial charge < -0.3 is 10.1 Å². The first-order valence-electron chi connectivity index (χ1n) is 7.84. The van der Waals surface area contributed by atoms with Crippen LogP contribution in [-0.4, -0.2) is 29.0 Å². The van der Waals surface area contributed by atoms with Crippen LogP contribution in [0.1, 0.15) is 27.3 Å². The van der Waals surface area contributed by atoms with Crippen molar-refractivity contribution in [1.29, 1.82) is 0 Å². The summed E-state index contributed by atoms with van der Waals surface area (Å²) in [5.74, 6) is 3.05. The lowest BCUT2D eigenvalue weighted by molar-refractivity contribution is -0.123. The second-order valence-corrected chi connectivity index (χ2v) is 9.11. The van der Waals surface area contributed by atoms with E-state index in [1.807, 2.05) is 48.0 Å². The number of thiazole rings is 1. The van der Waals surface area contributed by atoms with Crippen molar-refractivity contribution >= 4 is 40.8 Å². The minimum absolute atomic E-state index is 0.0244. The lowest BCUT2D eigenvalue weighted by Gasteiger charge is -2.21. The Morgan fingerprint density at radius 2 is 2.04 bits per heavy atom. The minimum atomic E-state index is -0.134. The van der Waals surface area contributed by atoms with Gasteiger partial charge in [-0.2, -0.15) is 0 Å². The van der Waals surface area contributed by atoms with Crippen molar-refractivity contribution < 1.29 is 9.53 Å². The topological polar surface area (TPSA) is 51.2 Å². The first-order valence-corrected chi connectivity index (χ1v) is 10.8. The Labute approximate surface area is 154 Å². The monoisotopic (exact) mass is 380 g/mol. The molecule has 4 nitrogen and oxygen atoms in total. The van der Waals surface area contributed by atoms with Gasteiger partial charge in [0.1, 0.15) is 10.8 Å². The fourth-order valence-electron chi connectivity index (χ4n) is 2.26. The molecule has 2 aromatic rings.